The summed E-state index contributed by atoms with van der Waals surface area (Å²) in [4.78, 5) is 25.5. The van der Waals surface area contributed by atoms with E-state index in [0.29, 0.717) is 24.8 Å². The minimum atomic E-state index is -1.03. The summed E-state index contributed by atoms with van der Waals surface area (Å²) < 4.78 is 0. The molecule has 1 atom stereocenters. The lowest BCUT2D eigenvalue weighted by molar-refractivity contribution is -0.134. The minimum Gasteiger partial charge on any atom is -0.511 e. The number of hydrogen-bond donors (Lipinski definition) is 1. The van der Waals surface area contributed by atoms with Gasteiger partial charge in [-0.2, -0.15) is 0 Å². The highest BCUT2D eigenvalue weighted by Crippen LogP contribution is 2.43. The lowest BCUT2D eigenvalue weighted by Crippen LogP contribution is -2.40. The fourth-order valence-electron chi connectivity index (χ4n) is 3.41. The zero-order chi connectivity index (χ0) is 22.2. The second-order valence-electron chi connectivity index (χ2n) is 8.98. The lowest BCUT2D eigenvalue weighted by Gasteiger charge is -2.35. The maximum Gasteiger partial charge on any atom is 0.169 e. The number of aliphatic hydroxyl groups is 1. The van der Waals surface area contributed by atoms with E-state index in [1.807, 2.05) is 39.8 Å². The Hall–Kier alpha value is -2.16. The Labute approximate surface area is 177 Å². The van der Waals surface area contributed by atoms with E-state index < -0.39 is 5.41 Å². The van der Waals surface area contributed by atoms with Crippen molar-refractivity contribution in [2.75, 3.05) is 0 Å². The van der Waals surface area contributed by atoms with Gasteiger partial charge < -0.3 is 5.11 Å². The van der Waals surface area contributed by atoms with E-state index in [2.05, 4.69) is 32.9 Å². The van der Waals surface area contributed by atoms with E-state index in [1.165, 1.54) is 11.1 Å². The van der Waals surface area contributed by atoms with E-state index in [4.69, 9.17) is 0 Å². The molecule has 0 amide bonds. The van der Waals surface area contributed by atoms with E-state index in [9.17, 15) is 14.7 Å². The third kappa shape index (κ3) is 7.30. The van der Waals surface area contributed by atoms with Gasteiger partial charge in [0.2, 0.25) is 0 Å². The first-order valence-corrected chi connectivity index (χ1v) is 10.5. The number of ketones is 2. The molecule has 3 heteroatoms. The number of aliphatic hydroxyl groups excluding tert-OH is 1. The molecule has 0 fully saturated rings. The number of rotatable bonds is 9. The Balaban J connectivity index is 3.33. The third-order valence-corrected chi connectivity index (χ3v) is 5.39. The van der Waals surface area contributed by atoms with Crippen LogP contribution >= 0.6 is 0 Å². The molecule has 0 saturated heterocycles. The molecule has 29 heavy (non-hydrogen) atoms. The molecule has 0 heterocycles. The van der Waals surface area contributed by atoms with E-state index >= 15 is 0 Å². The van der Waals surface area contributed by atoms with Gasteiger partial charge in [-0.05, 0) is 80.6 Å². The van der Waals surface area contributed by atoms with Crippen molar-refractivity contribution < 1.29 is 14.7 Å². The molecule has 1 N–H and O–H groups in total. The maximum atomic E-state index is 13.1. The fourth-order valence-corrected chi connectivity index (χ4v) is 3.41. The van der Waals surface area contributed by atoms with Crippen LogP contribution in [0.15, 0.2) is 57.9 Å². The van der Waals surface area contributed by atoms with Crippen molar-refractivity contribution in [3.8, 4) is 0 Å². The predicted octanol–water partition coefficient (Wildman–Crippen LogP) is 7.12. The number of hydrogen-bond acceptors (Lipinski definition) is 3. The smallest absolute Gasteiger partial charge is 0.169 e. The molecular weight excluding hydrogens is 360 g/mol. The molecule has 1 rings (SSSR count). The first-order valence-electron chi connectivity index (χ1n) is 10.5. The molecule has 0 aromatic heterocycles. The molecule has 1 aliphatic rings. The molecule has 3 nitrogen and oxygen atoms in total. The summed E-state index contributed by atoms with van der Waals surface area (Å²) in [5.41, 5.74) is 4.03. The summed E-state index contributed by atoms with van der Waals surface area (Å²) in [5.74, 6) is -0.448. The summed E-state index contributed by atoms with van der Waals surface area (Å²) in [5, 5.41) is 11.1. The lowest BCUT2D eigenvalue weighted by atomic mass is 9.67. The number of allylic oxidation sites excluding steroid dienone is 10. The van der Waals surface area contributed by atoms with Crippen LogP contribution in [0, 0.1) is 5.41 Å². The average molecular weight is 399 g/mol. The topological polar surface area (TPSA) is 54.4 Å². The zero-order valence-electron chi connectivity index (χ0n) is 19.3. The van der Waals surface area contributed by atoms with Crippen LogP contribution in [0.2, 0.25) is 0 Å². The van der Waals surface area contributed by atoms with Gasteiger partial charge in [-0.15, -0.1) is 0 Å². The predicted molar refractivity (Wildman–Crippen MR) is 122 cm³/mol. The Morgan fingerprint density at radius 2 is 1.41 bits per heavy atom. The Morgan fingerprint density at radius 3 is 1.97 bits per heavy atom. The van der Waals surface area contributed by atoms with Crippen molar-refractivity contribution >= 4 is 11.6 Å². The molecular formula is C26H38O3. The molecule has 1 aliphatic carbocycles. The molecule has 160 valence electrons. The van der Waals surface area contributed by atoms with Gasteiger partial charge in [0.15, 0.2) is 11.6 Å². The molecule has 0 aromatic rings. The van der Waals surface area contributed by atoms with Crippen LogP contribution in [0.3, 0.4) is 0 Å². The highest BCUT2D eigenvalue weighted by Gasteiger charge is 2.47. The van der Waals surface area contributed by atoms with Crippen LogP contribution in [0.1, 0.15) is 87.0 Å². The van der Waals surface area contributed by atoms with Crippen LogP contribution in [0.5, 0.6) is 0 Å². The minimum absolute atomic E-state index is 0.0258. The highest BCUT2D eigenvalue weighted by molar-refractivity contribution is 6.13. The van der Waals surface area contributed by atoms with Gasteiger partial charge in [-0.1, -0.05) is 46.6 Å². The first-order chi connectivity index (χ1) is 13.5. The number of carbonyl (C=O) groups excluding carboxylic acids is 2. The second kappa shape index (κ2) is 11.1. The van der Waals surface area contributed by atoms with Crippen molar-refractivity contribution in [3.63, 3.8) is 0 Å². The third-order valence-electron chi connectivity index (χ3n) is 5.39. The second-order valence-corrected chi connectivity index (χ2v) is 8.98. The zero-order valence-corrected chi connectivity index (χ0v) is 19.3. The van der Waals surface area contributed by atoms with Crippen LogP contribution in [0.4, 0.5) is 0 Å². The van der Waals surface area contributed by atoms with Gasteiger partial charge in [0.25, 0.3) is 0 Å². The van der Waals surface area contributed by atoms with Gasteiger partial charge >= 0.3 is 0 Å². The summed E-state index contributed by atoms with van der Waals surface area (Å²) in [6, 6.07) is 0. The van der Waals surface area contributed by atoms with E-state index in [0.717, 1.165) is 24.0 Å². The normalized spacial score (nSPS) is 19.9. The van der Waals surface area contributed by atoms with Crippen LogP contribution in [0.25, 0.3) is 0 Å². The molecule has 1 unspecified atom stereocenters. The van der Waals surface area contributed by atoms with Gasteiger partial charge in [0, 0.05) is 5.57 Å². The molecule has 0 aliphatic heterocycles. The van der Waals surface area contributed by atoms with Crippen LogP contribution in [-0.4, -0.2) is 16.7 Å². The molecule has 0 saturated carbocycles. The maximum absolute atomic E-state index is 13.1. The van der Waals surface area contributed by atoms with Gasteiger partial charge in [-0.25, -0.2) is 0 Å². The van der Waals surface area contributed by atoms with Crippen LogP contribution in [-0.2, 0) is 9.59 Å². The molecule has 0 aromatic carbocycles. The Morgan fingerprint density at radius 1 is 0.862 bits per heavy atom. The largest absolute Gasteiger partial charge is 0.511 e. The molecule has 0 bridgehead atoms. The summed E-state index contributed by atoms with van der Waals surface area (Å²) in [7, 11) is 0. The van der Waals surface area contributed by atoms with E-state index in [-0.39, 0.29) is 23.7 Å². The van der Waals surface area contributed by atoms with Crippen molar-refractivity contribution in [3.05, 3.63) is 57.9 Å². The first kappa shape index (κ1) is 24.9. The summed E-state index contributed by atoms with van der Waals surface area (Å²) in [6.07, 6.45) is 11.2. The van der Waals surface area contributed by atoms with Crippen molar-refractivity contribution in [1.82, 2.24) is 0 Å². The van der Waals surface area contributed by atoms with Crippen molar-refractivity contribution in [2.45, 2.75) is 87.0 Å². The Kier molecular flexibility index (Phi) is 9.55. The van der Waals surface area contributed by atoms with Gasteiger partial charge in [-0.3, -0.25) is 9.59 Å². The standard InChI is InChI=1S/C26H38O3/c1-18(2)9-8-10-21(7)14-16-26(15-13-20(5)6)24(28)17-23(27)22(25(26)29)12-11-19(3)4/h9,11,13-14,29H,8,10,12,15-17H2,1-7H3/b21-14+. The molecule has 0 spiro atoms. The average Bonchev–Trinajstić information content (AvgIpc) is 2.60. The monoisotopic (exact) mass is 398 g/mol. The number of Topliss-reactive ketones (excluding diaryl/α,β-unsaturated/α-hetero) is 2. The number of carbonyl (C=O) groups is 2. The van der Waals surface area contributed by atoms with Gasteiger partial charge in [0.05, 0.1) is 11.8 Å². The molecule has 0 radical (unpaired) electrons. The SMILES string of the molecule is CC(C)=CCC/C(C)=C/CC1(CC=C(C)C)C(=O)CC(=O)C(CC=C(C)C)=C1O. The Bertz CT molecular complexity index is 775. The summed E-state index contributed by atoms with van der Waals surface area (Å²) in [6.45, 7) is 14.1. The fraction of sp³-hybridized carbons (Fsp3) is 0.538. The quantitative estimate of drug-likeness (QED) is 0.332. The van der Waals surface area contributed by atoms with Crippen molar-refractivity contribution in [1.29, 1.82) is 0 Å². The van der Waals surface area contributed by atoms with Crippen molar-refractivity contribution in [2.24, 2.45) is 5.41 Å². The van der Waals surface area contributed by atoms with Gasteiger partial charge in [0.1, 0.15) is 5.76 Å². The van der Waals surface area contributed by atoms with Crippen LogP contribution < -0.4 is 0 Å². The van der Waals surface area contributed by atoms with E-state index in [1.54, 1.807) is 0 Å². The highest BCUT2D eigenvalue weighted by atomic mass is 16.3. The summed E-state index contributed by atoms with van der Waals surface area (Å²) >= 11 is 0.